The lowest BCUT2D eigenvalue weighted by atomic mass is 10.0. The van der Waals surface area contributed by atoms with Crippen LogP contribution < -0.4 is 5.32 Å². The molecular weight excluding hydrogens is 280 g/mol. The van der Waals surface area contributed by atoms with E-state index in [-0.39, 0.29) is 5.91 Å². The van der Waals surface area contributed by atoms with Crippen molar-refractivity contribution < 1.29 is 4.79 Å². The summed E-state index contributed by atoms with van der Waals surface area (Å²) in [4.78, 5) is 16.6. The monoisotopic (exact) mass is 296 g/mol. The van der Waals surface area contributed by atoms with Crippen LogP contribution >= 0.6 is 0 Å². The van der Waals surface area contributed by atoms with E-state index in [1.807, 2.05) is 26.0 Å². The summed E-state index contributed by atoms with van der Waals surface area (Å²) < 4.78 is 1.58. The topological polar surface area (TPSA) is 85.6 Å². The minimum atomic E-state index is -0.219. The number of pyridine rings is 1. The van der Waals surface area contributed by atoms with Crippen molar-refractivity contribution in [3.05, 3.63) is 41.7 Å². The van der Waals surface area contributed by atoms with Gasteiger partial charge in [0.2, 0.25) is 5.95 Å². The molecule has 0 bridgehead atoms. The Balaban J connectivity index is 1.92. The maximum Gasteiger partial charge on any atom is 0.258 e. The number of hydrogen-bond acceptors (Lipinski definition) is 5. The first kappa shape index (κ1) is 14.1. The van der Waals surface area contributed by atoms with Crippen LogP contribution in [-0.4, -0.2) is 31.1 Å². The average Bonchev–Trinajstić information content (AvgIpc) is 2.95. The molecular formula is C15H16N6O. The maximum absolute atomic E-state index is 12.5. The van der Waals surface area contributed by atoms with E-state index < -0.39 is 0 Å². The summed E-state index contributed by atoms with van der Waals surface area (Å²) in [5.74, 6) is 0.143. The molecule has 3 aromatic rings. The second-order valence-corrected chi connectivity index (χ2v) is 5.01. The smallest absolute Gasteiger partial charge is 0.258 e. The van der Waals surface area contributed by atoms with Crippen LogP contribution in [0.1, 0.15) is 29.3 Å². The number of nitrogens with one attached hydrogen (secondary N) is 1. The highest BCUT2D eigenvalue weighted by Crippen LogP contribution is 2.21. The number of aryl methyl sites for hydroxylation is 2. The Morgan fingerprint density at radius 3 is 3.00 bits per heavy atom. The zero-order valence-electron chi connectivity index (χ0n) is 12.4. The second-order valence-electron chi connectivity index (χ2n) is 5.01. The van der Waals surface area contributed by atoms with Crippen LogP contribution in [0.3, 0.4) is 0 Å². The Labute approximate surface area is 127 Å². The van der Waals surface area contributed by atoms with E-state index in [1.165, 1.54) is 0 Å². The standard InChI is InChI=1S/C15H16N6O/c1-3-8-21-15(18-19-20-21)17-14(22)13-5-4-11-9-16-7-6-12(11)10(13)2/h4-7,9H,3,8H2,1-2H3,(H,17,18,20,22). The van der Waals surface area contributed by atoms with Gasteiger partial charge in [-0.3, -0.25) is 15.1 Å². The number of amides is 1. The van der Waals surface area contributed by atoms with E-state index >= 15 is 0 Å². The number of fused-ring (bicyclic) bond motifs is 1. The molecule has 7 nitrogen and oxygen atoms in total. The van der Waals surface area contributed by atoms with E-state index in [2.05, 4.69) is 25.8 Å². The van der Waals surface area contributed by atoms with E-state index in [0.717, 1.165) is 22.8 Å². The highest BCUT2D eigenvalue weighted by molar-refractivity contribution is 6.07. The van der Waals surface area contributed by atoms with Crippen molar-refractivity contribution in [1.29, 1.82) is 0 Å². The van der Waals surface area contributed by atoms with Crippen LogP contribution in [0.25, 0.3) is 10.8 Å². The van der Waals surface area contributed by atoms with Crippen LogP contribution in [0.2, 0.25) is 0 Å². The van der Waals surface area contributed by atoms with Gasteiger partial charge in [0.25, 0.3) is 5.91 Å². The van der Waals surface area contributed by atoms with Gasteiger partial charge in [0.1, 0.15) is 0 Å². The second kappa shape index (κ2) is 5.88. The van der Waals surface area contributed by atoms with Crippen molar-refractivity contribution in [1.82, 2.24) is 25.2 Å². The van der Waals surface area contributed by atoms with Crippen molar-refractivity contribution in [2.24, 2.45) is 0 Å². The van der Waals surface area contributed by atoms with Crippen LogP contribution in [0.4, 0.5) is 5.95 Å². The maximum atomic E-state index is 12.5. The molecule has 0 unspecified atom stereocenters. The molecule has 2 aromatic heterocycles. The van der Waals surface area contributed by atoms with E-state index in [1.54, 1.807) is 23.1 Å². The molecule has 0 spiro atoms. The minimum absolute atomic E-state index is 0.219. The number of anilines is 1. The van der Waals surface area contributed by atoms with Gasteiger partial charge in [-0.2, -0.15) is 0 Å². The zero-order chi connectivity index (χ0) is 15.5. The first-order valence-corrected chi connectivity index (χ1v) is 7.11. The molecule has 0 atom stereocenters. The number of aromatic nitrogens is 5. The number of carbonyl (C=O) groups excluding carboxylic acids is 1. The molecule has 1 N–H and O–H groups in total. The summed E-state index contributed by atoms with van der Waals surface area (Å²) in [6, 6.07) is 5.59. The van der Waals surface area contributed by atoms with Gasteiger partial charge in [-0.1, -0.05) is 18.1 Å². The molecule has 0 aliphatic rings. The molecule has 7 heteroatoms. The highest BCUT2D eigenvalue weighted by atomic mass is 16.1. The van der Waals surface area contributed by atoms with Crippen molar-refractivity contribution in [3.63, 3.8) is 0 Å². The lowest BCUT2D eigenvalue weighted by Crippen LogP contribution is -2.17. The number of rotatable bonds is 4. The number of benzene rings is 1. The van der Waals surface area contributed by atoms with Gasteiger partial charge >= 0.3 is 0 Å². The van der Waals surface area contributed by atoms with Crippen molar-refractivity contribution in [2.45, 2.75) is 26.8 Å². The fourth-order valence-electron chi connectivity index (χ4n) is 2.40. The molecule has 0 saturated heterocycles. The lowest BCUT2D eigenvalue weighted by molar-refractivity contribution is 0.102. The SMILES string of the molecule is CCCn1nnnc1NC(=O)c1ccc2cnccc2c1C. The Morgan fingerprint density at radius 1 is 1.32 bits per heavy atom. The number of carbonyl (C=O) groups is 1. The fraction of sp³-hybridized carbons (Fsp3) is 0.267. The molecule has 0 saturated carbocycles. The lowest BCUT2D eigenvalue weighted by Gasteiger charge is -2.09. The van der Waals surface area contributed by atoms with Crippen LogP contribution in [-0.2, 0) is 6.54 Å². The largest absolute Gasteiger partial charge is 0.289 e. The molecule has 0 radical (unpaired) electrons. The summed E-state index contributed by atoms with van der Waals surface area (Å²) >= 11 is 0. The quantitative estimate of drug-likeness (QED) is 0.797. The van der Waals surface area contributed by atoms with Gasteiger partial charge in [0.15, 0.2) is 0 Å². The van der Waals surface area contributed by atoms with Gasteiger partial charge in [-0.05, 0) is 46.9 Å². The van der Waals surface area contributed by atoms with Gasteiger partial charge in [0.05, 0.1) is 0 Å². The Kier molecular flexibility index (Phi) is 3.78. The number of hydrogen-bond donors (Lipinski definition) is 1. The van der Waals surface area contributed by atoms with E-state index in [0.29, 0.717) is 18.1 Å². The summed E-state index contributed by atoms with van der Waals surface area (Å²) in [7, 11) is 0. The molecule has 1 amide bonds. The first-order chi connectivity index (χ1) is 10.7. The Hall–Kier alpha value is -2.83. The van der Waals surface area contributed by atoms with Crippen molar-refractivity contribution in [3.8, 4) is 0 Å². The normalized spacial score (nSPS) is 10.8. The van der Waals surface area contributed by atoms with Gasteiger partial charge in [0, 0.05) is 29.9 Å². The molecule has 112 valence electrons. The zero-order valence-corrected chi connectivity index (χ0v) is 12.4. The Bertz CT molecular complexity index is 826. The molecule has 2 heterocycles. The fourth-order valence-corrected chi connectivity index (χ4v) is 2.40. The van der Waals surface area contributed by atoms with Crippen LogP contribution in [0.15, 0.2) is 30.6 Å². The average molecular weight is 296 g/mol. The molecule has 22 heavy (non-hydrogen) atoms. The van der Waals surface area contributed by atoms with Crippen molar-refractivity contribution in [2.75, 3.05) is 5.32 Å². The Morgan fingerprint density at radius 2 is 2.18 bits per heavy atom. The molecule has 1 aromatic carbocycles. The summed E-state index contributed by atoms with van der Waals surface area (Å²) in [5.41, 5.74) is 1.51. The van der Waals surface area contributed by atoms with Crippen LogP contribution in [0.5, 0.6) is 0 Å². The number of tetrazole rings is 1. The van der Waals surface area contributed by atoms with Gasteiger partial charge < -0.3 is 0 Å². The van der Waals surface area contributed by atoms with Crippen LogP contribution in [0, 0.1) is 6.92 Å². The molecule has 3 rings (SSSR count). The third kappa shape index (κ3) is 2.52. The van der Waals surface area contributed by atoms with E-state index in [9.17, 15) is 4.79 Å². The number of nitrogens with zero attached hydrogens (tertiary/aromatic N) is 5. The van der Waals surface area contributed by atoms with E-state index in [4.69, 9.17) is 0 Å². The predicted octanol–water partition coefficient (Wildman–Crippen LogP) is 2.19. The predicted molar refractivity (Wildman–Crippen MR) is 82.5 cm³/mol. The van der Waals surface area contributed by atoms with Crippen molar-refractivity contribution >= 4 is 22.6 Å². The molecule has 0 aliphatic heterocycles. The highest BCUT2D eigenvalue weighted by Gasteiger charge is 2.15. The molecule has 0 aliphatic carbocycles. The van der Waals surface area contributed by atoms with Gasteiger partial charge in [-0.25, -0.2) is 4.68 Å². The summed E-state index contributed by atoms with van der Waals surface area (Å²) in [6.45, 7) is 4.60. The van der Waals surface area contributed by atoms with Gasteiger partial charge in [-0.15, -0.1) is 0 Å². The first-order valence-electron chi connectivity index (χ1n) is 7.11. The summed E-state index contributed by atoms with van der Waals surface area (Å²) in [5, 5.41) is 16.1. The third-order valence-corrected chi connectivity index (χ3v) is 3.53. The minimum Gasteiger partial charge on any atom is -0.289 e. The third-order valence-electron chi connectivity index (χ3n) is 3.53. The summed E-state index contributed by atoms with van der Waals surface area (Å²) in [6.07, 6.45) is 4.39. The molecule has 0 fully saturated rings.